The second kappa shape index (κ2) is 7.47. The van der Waals surface area contributed by atoms with E-state index in [1.54, 1.807) is 18.3 Å². The minimum absolute atomic E-state index is 0.0181. The maximum Gasteiger partial charge on any atom is 0.255 e. The molecule has 1 aliphatic heterocycles. The molecule has 5 heteroatoms. The SMILES string of the molecule is C#CCN(C(=O)c1ccnc(O[C@@H]2CCOC2)c1)C1CCCC1. The first-order valence-electron chi connectivity index (χ1n) is 8.23. The second-order valence-corrected chi connectivity index (χ2v) is 6.06. The number of carbonyl (C=O) groups is 1. The lowest BCUT2D eigenvalue weighted by Gasteiger charge is -2.27. The molecule has 1 atom stereocenters. The van der Waals surface area contributed by atoms with E-state index in [0.29, 0.717) is 31.2 Å². The van der Waals surface area contributed by atoms with Gasteiger partial charge in [0, 0.05) is 30.3 Å². The first kappa shape index (κ1) is 15.8. The summed E-state index contributed by atoms with van der Waals surface area (Å²) < 4.78 is 11.1. The highest BCUT2D eigenvalue weighted by atomic mass is 16.5. The van der Waals surface area contributed by atoms with Crippen LogP contribution >= 0.6 is 0 Å². The van der Waals surface area contributed by atoms with Crippen molar-refractivity contribution in [1.82, 2.24) is 9.88 Å². The molecule has 0 aromatic carbocycles. The number of amides is 1. The van der Waals surface area contributed by atoms with Gasteiger partial charge in [-0.3, -0.25) is 4.79 Å². The van der Waals surface area contributed by atoms with Gasteiger partial charge in [-0.05, 0) is 18.9 Å². The van der Waals surface area contributed by atoms with E-state index in [9.17, 15) is 4.79 Å². The van der Waals surface area contributed by atoms with E-state index < -0.39 is 0 Å². The molecule has 1 aliphatic carbocycles. The van der Waals surface area contributed by atoms with Crippen molar-refractivity contribution in [2.45, 2.75) is 44.2 Å². The van der Waals surface area contributed by atoms with E-state index in [-0.39, 0.29) is 18.1 Å². The summed E-state index contributed by atoms with van der Waals surface area (Å²) in [7, 11) is 0. The summed E-state index contributed by atoms with van der Waals surface area (Å²) in [6.45, 7) is 1.63. The van der Waals surface area contributed by atoms with Crippen molar-refractivity contribution in [2.75, 3.05) is 19.8 Å². The van der Waals surface area contributed by atoms with Crippen molar-refractivity contribution in [3.8, 4) is 18.2 Å². The lowest BCUT2D eigenvalue weighted by atomic mass is 10.1. The molecule has 1 saturated heterocycles. The van der Waals surface area contributed by atoms with E-state index in [0.717, 1.165) is 32.1 Å². The average molecular weight is 314 g/mol. The largest absolute Gasteiger partial charge is 0.472 e. The van der Waals surface area contributed by atoms with Crippen LogP contribution in [0, 0.1) is 12.3 Å². The van der Waals surface area contributed by atoms with Crippen LogP contribution in [-0.4, -0.2) is 47.7 Å². The third kappa shape index (κ3) is 3.83. The molecular formula is C18H22N2O3. The first-order chi connectivity index (χ1) is 11.3. The summed E-state index contributed by atoms with van der Waals surface area (Å²) in [5.74, 6) is 3.04. The molecule has 2 fully saturated rings. The van der Waals surface area contributed by atoms with Crippen LogP contribution in [0.3, 0.4) is 0 Å². The van der Waals surface area contributed by atoms with Crippen molar-refractivity contribution in [3.05, 3.63) is 23.9 Å². The predicted molar refractivity (Wildman–Crippen MR) is 86.2 cm³/mol. The molecule has 3 rings (SSSR count). The number of carbonyl (C=O) groups excluding carboxylic acids is 1. The van der Waals surface area contributed by atoms with E-state index >= 15 is 0 Å². The highest BCUT2D eigenvalue weighted by molar-refractivity contribution is 5.94. The summed E-state index contributed by atoms with van der Waals surface area (Å²) >= 11 is 0. The van der Waals surface area contributed by atoms with Crippen molar-refractivity contribution in [2.24, 2.45) is 0 Å². The quantitative estimate of drug-likeness (QED) is 0.782. The van der Waals surface area contributed by atoms with Gasteiger partial charge in [0.05, 0.1) is 19.8 Å². The molecule has 5 nitrogen and oxygen atoms in total. The summed E-state index contributed by atoms with van der Waals surface area (Å²) in [5.41, 5.74) is 0.580. The zero-order valence-corrected chi connectivity index (χ0v) is 13.2. The number of pyridine rings is 1. The highest BCUT2D eigenvalue weighted by Gasteiger charge is 2.27. The lowest BCUT2D eigenvalue weighted by molar-refractivity contribution is 0.0709. The van der Waals surface area contributed by atoms with Gasteiger partial charge in [-0.25, -0.2) is 4.98 Å². The fourth-order valence-electron chi connectivity index (χ4n) is 3.23. The Kier molecular flexibility index (Phi) is 5.14. The molecule has 122 valence electrons. The molecule has 1 aromatic rings. The Morgan fingerprint density at radius 1 is 1.43 bits per heavy atom. The van der Waals surface area contributed by atoms with Crippen LogP contribution in [0.25, 0.3) is 0 Å². The molecule has 2 aliphatic rings. The predicted octanol–water partition coefficient (Wildman–Crippen LogP) is 2.27. The van der Waals surface area contributed by atoms with Crippen molar-refractivity contribution < 1.29 is 14.3 Å². The zero-order chi connectivity index (χ0) is 16.1. The van der Waals surface area contributed by atoms with Gasteiger partial charge < -0.3 is 14.4 Å². The van der Waals surface area contributed by atoms with Crippen molar-refractivity contribution in [1.29, 1.82) is 0 Å². The van der Waals surface area contributed by atoms with Crippen LogP contribution in [0.2, 0.25) is 0 Å². The number of terminal acetylenes is 1. The van der Waals surface area contributed by atoms with E-state index in [1.807, 2.05) is 4.90 Å². The maximum atomic E-state index is 12.8. The Morgan fingerprint density at radius 3 is 2.96 bits per heavy atom. The number of aromatic nitrogens is 1. The molecule has 1 aromatic heterocycles. The van der Waals surface area contributed by atoms with Crippen molar-refractivity contribution >= 4 is 5.91 Å². The molecule has 0 radical (unpaired) electrons. The summed E-state index contributed by atoms with van der Waals surface area (Å²) in [6.07, 6.45) is 12.3. The van der Waals surface area contributed by atoms with Crippen LogP contribution in [0.5, 0.6) is 5.88 Å². The topological polar surface area (TPSA) is 51.7 Å². The minimum atomic E-state index is -0.0372. The number of rotatable bonds is 5. The molecule has 1 saturated carbocycles. The summed E-state index contributed by atoms with van der Waals surface area (Å²) in [4.78, 5) is 18.8. The summed E-state index contributed by atoms with van der Waals surface area (Å²) in [5, 5.41) is 0. The van der Waals surface area contributed by atoms with Crippen LogP contribution < -0.4 is 4.74 Å². The Bertz CT molecular complexity index is 584. The first-order valence-corrected chi connectivity index (χ1v) is 8.23. The number of nitrogens with zero attached hydrogens (tertiary/aromatic N) is 2. The highest BCUT2D eigenvalue weighted by Crippen LogP contribution is 2.25. The average Bonchev–Trinajstić information content (AvgIpc) is 3.26. The molecular weight excluding hydrogens is 292 g/mol. The van der Waals surface area contributed by atoms with E-state index in [4.69, 9.17) is 15.9 Å². The minimum Gasteiger partial charge on any atom is -0.472 e. The molecule has 0 N–H and O–H groups in total. The molecule has 23 heavy (non-hydrogen) atoms. The monoisotopic (exact) mass is 314 g/mol. The summed E-state index contributed by atoms with van der Waals surface area (Å²) in [6, 6.07) is 3.68. The maximum absolute atomic E-state index is 12.8. The third-order valence-corrected chi connectivity index (χ3v) is 4.45. The van der Waals surface area contributed by atoms with Gasteiger partial charge in [-0.2, -0.15) is 0 Å². The smallest absolute Gasteiger partial charge is 0.255 e. The molecule has 2 heterocycles. The zero-order valence-electron chi connectivity index (χ0n) is 13.2. The number of hydrogen-bond acceptors (Lipinski definition) is 4. The van der Waals surface area contributed by atoms with Gasteiger partial charge in [0.1, 0.15) is 6.10 Å². The third-order valence-electron chi connectivity index (χ3n) is 4.45. The van der Waals surface area contributed by atoms with Crippen molar-refractivity contribution in [3.63, 3.8) is 0 Å². The lowest BCUT2D eigenvalue weighted by Crippen LogP contribution is -2.39. The van der Waals surface area contributed by atoms with Crippen LogP contribution in [-0.2, 0) is 4.74 Å². The fraction of sp³-hybridized carbons (Fsp3) is 0.556. The molecule has 0 spiro atoms. The Morgan fingerprint density at radius 2 is 2.26 bits per heavy atom. The standard InChI is InChI=1S/C18H22N2O3/c1-2-10-20(15-5-3-4-6-15)18(21)14-7-9-19-17(12-14)23-16-8-11-22-13-16/h1,7,9,12,15-16H,3-6,8,10-11,13H2/t16-/m1/s1. The second-order valence-electron chi connectivity index (χ2n) is 6.06. The Hall–Kier alpha value is -2.06. The Labute approximate surface area is 137 Å². The van der Waals surface area contributed by atoms with Crippen LogP contribution in [0.1, 0.15) is 42.5 Å². The van der Waals surface area contributed by atoms with E-state index in [2.05, 4.69) is 10.9 Å². The van der Waals surface area contributed by atoms with Gasteiger partial charge in [-0.15, -0.1) is 6.42 Å². The molecule has 1 amide bonds. The Balaban J connectivity index is 1.73. The number of hydrogen-bond donors (Lipinski definition) is 0. The van der Waals surface area contributed by atoms with Crippen LogP contribution in [0.4, 0.5) is 0 Å². The van der Waals surface area contributed by atoms with Gasteiger partial charge >= 0.3 is 0 Å². The number of ether oxygens (including phenoxy) is 2. The fourth-order valence-corrected chi connectivity index (χ4v) is 3.23. The van der Waals surface area contributed by atoms with E-state index in [1.165, 1.54) is 0 Å². The van der Waals surface area contributed by atoms with Crippen LogP contribution in [0.15, 0.2) is 18.3 Å². The van der Waals surface area contributed by atoms with Gasteiger partial charge in [0.25, 0.3) is 5.91 Å². The van der Waals surface area contributed by atoms with Gasteiger partial charge in [0.2, 0.25) is 5.88 Å². The normalized spacial score (nSPS) is 21.1. The molecule has 0 unspecified atom stereocenters. The van der Waals surface area contributed by atoms with Gasteiger partial charge in [-0.1, -0.05) is 18.8 Å². The molecule has 0 bridgehead atoms. The van der Waals surface area contributed by atoms with Gasteiger partial charge in [0.15, 0.2) is 0 Å².